The van der Waals surface area contributed by atoms with Gasteiger partial charge in [0, 0.05) is 12.0 Å². The Hall–Kier alpha value is -1.42. The summed E-state index contributed by atoms with van der Waals surface area (Å²) in [6, 6.07) is 0. The molecule has 0 unspecified atom stereocenters. The molecule has 1 aromatic rings. The van der Waals surface area contributed by atoms with Gasteiger partial charge in [-0.05, 0) is 70.2 Å². The van der Waals surface area contributed by atoms with Crippen molar-refractivity contribution < 1.29 is 0 Å². The summed E-state index contributed by atoms with van der Waals surface area (Å²) in [5.74, 6) is 1.62. The minimum Gasteiger partial charge on any atom is -0.383 e. The van der Waals surface area contributed by atoms with E-state index < -0.39 is 0 Å². The lowest BCUT2D eigenvalue weighted by Gasteiger charge is -2.26. The number of aromatic nitrogens is 2. The Labute approximate surface area is 146 Å². The first-order chi connectivity index (χ1) is 11.8. The molecular weight excluding hydrogens is 296 g/mol. The third kappa shape index (κ3) is 4.35. The third-order valence-corrected chi connectivity index (χ3v) is 5.32. The number of hydrogen-bond acceptors (Lipinski definition) is 4. The second-order valence-electron chi connectivity index (χ2n) is 7.25. The summed E-state index contributed by atoms with van der Waals surface area (Å²) in [5, 5.41) is 0. The van der Waals surface area contributed by atoms with Crippen LogP contribution < -0.4 is 5.73 Å². The van der Waals surface area contributed by atoms with Crippen LogP contribution >= 0.6 is 0 Å². The highest BCUT2D eigenvalue weighted by Gasteiger charge is 2.20. The predicted molar refractivity (Wildman–Crippen MR) is 101 cm³/mol. The van der Waals surface area contributed by atoms with Gasteiger partial charge in [-0.2, -0.15) is 0 Å². The van der Waals surface area contributed by atoms with E-state index in [2.05, 4.69) is 22.9 Å². The number of fused-ring (bicyclic) bond motifs is 1. The fourth-order valence-electron chi connectivity index (χ4n) is 3.84. The quantitative estimate of drug-likeness (QED) is 0.733. The normalized spacial score (nSPS) is 17.8. The van der Waals surface area contributed by atoms with Crippen LogP contribution in [0, 0.1) is 0 Å². The van der Waals surface area contributed by atoms with Crippen LogP contribution in [0.2, 0.25) is 0 Å². The number of piperidine rings is 1. The number of allylic oxidation sites excluding steroid dienone is 2. The first-order valence-electron chi connectivity index (χ1n) is 9.85. The first-order valence-corrected chi connectivity index (χ1v) is 9.85. The summed E-state index contributed by atoms with van der Waals surface area (Å²) in [6.07, 6.45) is 14.3. The van der Waals surface area contributed by atoms with Crippen molar-refractivity contribution in [2.45, 2.75) is 71.1 Å². The minimum absolute atomic E-state index is 0.700. The van der Waals surface area contributed by atoms with Crippen LogP contribution in [0.25, 0.3) is 5.57 Å². The van der Waals surface area contributed by atoms with Crippen LogP contribution in [0.5, 0.6) is 0 Å². The maximum absolute atomic E-state index is 6.17. The molecule has 4 nitrogen and oxygen atoms in total. The molecule has 1 aliphatic carbocycles. The molecule has 3 rings (SSSR count). The number of aryl methyl sites for hydroxylation is 1. The van der Waals surface area contributed by atoms with E-state index in [4.69, 9.17) is 10.7 Å². The van der Waals surface area contributed by atoms with Crippen LogP contribution in [-0.4, -0.2) is 34.5 Å². The van der Waals surface area contributed by atoms with Crippen molar-refractivity contribution in [3.63, 3.8) is 0 Å². The van der Waals surface area contributed by atoms with Gasteiger partial charge in [-0.15, -0.1) is 0 Å². The van der Waals surface area contributed by atoms with Crippen LogP contribution in [0.1, 0.15) is 75.4 Å². The van der Waals surface area contributed by atoms with Crippen molar-refractivity contribution in [3.05, 3.63) is 23.2 Å². The van der Waals surface area contributed by atoms with E-state index in [9.17, 15) is 0 Å². The molecule has 0 aromatic carbocycles. The van der Waals surface area contributed by atoms with Crippen molar-refractivity contribution in [1.82, 2.24) is 14.9 Å². The molecule has 4 heteroatoms. The fraction of sp³-hybridized carbons (Fsp3) is 0.700. The fourth-order valence-corrected chi connectivity index (χ4v) is 3.84. The van der Waals surface area contributed by atoms with Crippen molar-refractivity contribution >= 4 is 11.4 Å². The van der Waals surface area contributed by atoms with E-state index in [1.54, 1.807) is 0 Å². The zero-order chi connectivity index (χ0) is 16.8. The summed E-state index contributed by atoms with van der Waals surface area (Å²) >= 11 is 0. The molecule has 132 valence electrons. The number of rotatable bonds is 8. The molecule has 2 aliphatic rings. The molecule has 1 aromatic heterocycles. The predicted octanol–water partition coefficient (Wildman–Crippen LogP) is 4.00. The van der Waals surface area contributed by atoms with Gasteiger partial charge in [0.1, 0.15) is 11.6 Å². The molecule has 1 fully saturated rings. The Kier molecular flexibility index (Phi) is 6.24. The summed E-state index contributed by atoms with van der Waals surface area (Å²) in [4.78, 5) is 12.0. The lowest BCUT2D eigenvalue weighted by Crippen LogP contribution is -2.30. The molecule has 0 amide bonds. The lowest BCUT2D eigenvalue weighted by atomic mass is 10.1. The molecule has 0 spiro atoms. The van der Waals surface area contributed by atoms with Gasteiger partial charge in [0.25, 0.3) is 0 Å². The van der Waals surface area contributed by atoms with Gasteiger partial charge in [0.05, 0.1) is 5.69 Å². The third-order valence-electron chi connectivity index (χ3n) is 5.32. The lowest BCUT2D eigenvalue weighted by molar-refractivity contribution is 0.225. The largest absolute Gasteiger partial charge is 0.383 e. The van der Waals surface area contributed by atoms with Gasteiger partial charge < -0.3 is 10.6 Å². The van der Waals surface area contributed by atoms with Crippen molar-refractivity contribution in [3.8, 4) is 0 Å². The van der Waals surface area contributed by atoms with Gasteiger partial charge in [-0.3, -0.25) is 0 Å². The van der Waals surface area contributed by atoms with Gasteiger partial charge >= 0.3 is 0 Å². The number of hydrogen-bond donors (Lipinski definition) is 1. The molecule has 2 heterocycles. The Balaban J connectivity index is 1.52. The second-order valence-corrected chi connectivity index (χ2v) is 7.25. The zero-order valence-electron chi connectivity index (χ0n) is 15.2. The highest BCUT2D eigenvalue weighted by atomic mass is 15.1. The highest BCUT2D eigenvalue weighted by molar-refractivity contribution is 5.73. The highest BCUT2D eigenvalue weighted by Crippen LogP contribution is 2.32. The van der Waals surface area contributed by atoms with Crippen molar-refractivity contribution in [1.29, 1.82) is 0 Å². The Morgan fingerprint density at radius 2 is 1.88 bits per heavy atom. The molecule has 0 radical (unpaired) electrons. The summed E-state index contributed by atoms with van der Waals surface area (Å²) in [7, 11) is 0. The number of unbranched alkanes of at least 4 members (excludes halogenated alkanes) is 2. The smallest absolute Gasteiger partial charge is 0.131 e. The summed E-state index contributed by atoms with van der Waals surface area (Å²) in [6.45, 7) is 6.06. The van der Waals surface area contributed by atoms with Crippen molar-refractivity contribution in [2.75, 3.05) is 25.4 Å². The zero-order valence-corrected chi connectivity index (χ0v) is 15.2. The second kappa shape index (κ2) is 8.61. The number of nitrogens with two attached hydrogens (primary N) is 1. The Morgan fingerprint density at radius 1 is 1.04 bits per heavy atom. The minimum atomic E-state index is 0.700. The average molecular weight is 329 g/mol. The van der Waals surface area contributed by atoms with E-state index in [0.717, 1.165) is 42.8 Å². The summed E-state index contributed by atoms with van der Waals surface area (Å²) < 4.78 is 0. The number of likely N-dealkylation sites (tertiary alicyclic amines) is 1. The van der Waals surface area contributed by atoms with Crippen LogP contribution in [-0.2, 0) is 12.8 Å². The van der Waals surface area contributed by atoms with Crippen LogP contribution in [0.4, 0.5) is 5.82 Å². The van der Waals surface area contributed by atoms with E-state index >= 15 is 0 Å². The molecule has 0 atom stereocenters. The molecule has 0 saturated carbocycles. The van der Waals surface area contributed by atoms with Gasteiger partial charge in [-0.25, -0.2) is 9.97 Å². The van der Waals surface area contributed by atoms with Gasteiger partial charge in [0.15, 0.2) is 0 Å². The maximum Gasteiger partial charge on any atom is 0.131 e. The van der Waals surface area contributed by atoms with Gasteiger partial charge in [0.2, 0.25) is 0 Å². The van der Waals surface area contributed by atoms with Gasteiger partial charge in [-0.1, -0.05) is 25.8 Å². The van der Waals surface area contributed by atoms with E-state index in [1.807, 2.05) is 0 Å². The standard InChI is InChI=1S/C20H32N4/c1-2-3-10-18-22-19-16(11-12-17(19)20(21)23-18)9-5-8-15-24-13-6-4-7-14-24/h11H,2-10,12-15H2,1H3,(H2,21,22,23). The maximum atomic E-state index is 6.17. The van der Waals surface area contributed by atoms with Crippen LogP contribution in [0.3, 0.4) is 0 Å². The SMILES string of the molecule is CCCCc1nc(N)c2c(n1)C(CCCCN1CCCCC1)=CC2. The molecule has 0 bridgehead atoms. The van der Waals surface area contributed by atoms with E-state index in [1.165, 1.54) is 63.7 Å². The van der Waals surface area contributed by atoms with E-state index in [-0.39, 0.29) is 0 Å². The van der Waals surface area contributed by atoms with Crippen molar-refractivity contribution in [2.24, 2.45) is 0 Å². The Morgan fingerprint density at radius 3 is 2.67 bits per heavy atom. The number of nitrogen functional groups attached to an aromatic ring is 1. The topological polar surface area (TPSA) is 55.0 Å². The van der Waals surface area contributed by atoms with Crippen LogP contribution in [0.15, 0.2) is 6.08 Å². The molecule has 1 aliphatic heterocycles. The number of nitrogens with zero attached hydrogens (tertiary/aromatic N) is 3. The molecule has 24 heavy (non-hydrogen) atoms. The monoisotopic (exact) mass is 328 g/mol. The molecule has 2 N–H and O–H groups in total. The van der Waals surface area contributed by atoms with E-state index in [0.29, 0.717) is 5.82 Å². The number of anilines is 1. The molecular formula is C20H32N4. The first kappa shape index (κ1) is 17.4. The average Bonchev–Trinajstić information content (AvgIpc) is 3.01. The molecule has 1 saturated heterocycles. The Bertz CT molecular complexity index is 573. The summed E-state index contributed by atoms with van der Waals surface area (Å²) in [5.41, 5.74) is 9.87.